The van der Waals surface area contributed by atoms with Gasteiger partial charge in [0.2, 0.25) is 0 Å². The van der Waals surface area contributed by atoms with E-state index in [1.165, 1.54) is 36.0 Å². The fourth-order valence-corrected chi connectivity index (χ4v) is 3.30. The highest BCUT2D eigenvalue weighted by Crippen LogP contribution is 2.49. The number of allylic oxidation sites excluding steroid dienone is 1. The molecule has 16 heavy (non-hydrogen) atoms. The van der Waals surface area contributed by atoms with E-state index < -0.39 is 0 Å². The second kappa shape index (κ2) is 3.72. The summed E-state index contributed by atoms with van der Waals surface area (Å²) in [6.07, 6.45) is 3.81. The third kappa shape index (κ3) is 1.27. The van der Waals surface area contributed by atoms with Crippen LogP contribution in [0.1, 0.15) is 43.4 Å². The summed E-state index contributed by atoms with van der Waals surface area (Å²) >= 11 is 0. The van der Waals surface area contributed by atoms with Gasteiger partial charge in [0, 0.05) is 0 Å². The van der Waals surface area contributed by atoms with Gasteiger partial charge in [-0.2, -0.15) is 0 Å². The molecular weight excluding hydrogens is 196 g/mol. The lowest BCUT2D eigenvalue weighted by atomic mass is 9.83. The molecule has 0 fully saturated rings. The Morgan fingerprint density at radius 2 is 2.12 bits per heavy atom. The van der Waals surface area contributed by atoms with Crippen molar-refractivity contribution in [3.63, 3.8) is 0 Å². The van der Waals surface area contributed by atoms with Crippen LogP contribution in [0.4, 0.5) is 0 Å². The minimum atomic E-state index is 0.258. The lowest BCUT2D eigenvalue weighted by Gasteiger charge is -2.24. The van der Waals surface area contributed by atoms with Gasteiger partial charge in [0.15, 0.2) is 0 Å². The molecule has 1 aromatic rings. The molecule has 1 aromatic carbocycles. The maximum absolute atomic E-state index is 5.72. The van der Waals surface area contributed by atoms with Gasteiger partial charge in [0.25, 0.3) is 0 Å². The van der Waals surface area contributed by atoms with Crippen LogP contribution < -0.4 is 11.3 Å². The zero-order valence-electron chi connectivity index (χ0n) is 9.66. The summed E-state index contributed by atoms with van der Waals surface area (Å²) in [6.45, 7) is 2.34. The highest BCUT2D eigenvalue weighted by atomic mass is 15.2. The maximum atomic E-state index is 5.72. The van der Waals surface area contributed by atoms with Crippen molar-refractivity contribution in [2.24, 2.45) is 11.8 Å². The molecule has 0 saturated carbocycles. The molecule has 2 aliphatic rings. The van der Waals surface area contributed by atoms with Crippen LogP contribution in [0.5, 0.6) is 0 Å². The summed E-state index contributed by atoms with van der Waals surface area (Å²) in [6, 6.07) is 8.93. The van der Waals surface area contributed by atoms with Crippen molar-refractivity contribution in [3.05, 3.63) is 41.0 Å². The van der Waals surface area contributed by atoms with Crippen LogP contribution in [0.3, 0.4) is 0 Å². The standard InChI is InChI=1S/C14H18N2/c1-9-5-4-8-12-13(9)10-6-2-3-7-11(10)14(12)16-15/h2-3,6-7,9,14,16H,4-5,8,15H2,1H3. The first-order valence-electron chi connectivity index (χ1n) is 6.11. The van der Waals surface area contributed by atoms with E-state index in [1.807, 2.05) is 0 Å². The topological polar surface area (TPSA) is 38.0 Å². The Bertz CT molecular complexity index is 448. The van der Waals surface area contributed by atoms with Gasteiger partial charge in [0.05, 0.1) is 6.04 Å². The molecule has 0 aromatic heterocycles. The average Bonchev–Trinajstić information content (AvgIpc) is 2.64. The minimum Gasteiger partial charge on any atom is -0.271 e. The molecule has 0 saturated heterocycles. The Hall–Kier alpha value is -1.12. The molecule has 3 rings (SSSR count). The van der Waals surface area contributed by atoms with E-state index in [1.54, 1.807) is 5.57 Å². The zero-order valence-corrected chi connectivity index (χ0v) is 9.66. The molecule has 3 N–H and O–H groups in total. The predicted molar refractivity (Wildman–Crippen MR) is 66.4 cm³/mol. The van der Waals surface area contributed by atoms with Gasteiger partial charge >= 0.3 is 0 Å². The van der Waals surface area contributed by atoms with Gasteiger partial charge in [-0.05, 0) is 47.5 Å². The van der Waals surface area contributed by atoms with E-state index in [9.17, 15) is 0 Å². The molecule has 0 heterocycles. The number of benzene rings is 1. The van der Waals surface area contributed by atoms with E-state index in [4.69, 9.17) is 5.84 Å². The zero-order chi connectivity index (χ0) is 11.1. The van der Waals surface area contributed by atoms with E-state index in [0.717, 1.165) is 0 Å². The summed E-state index contributed by atoms with van der Waals surface area (Å²) in [4.78, 5) is 0. The molecule has 2 nitrogen and oxygen atoms in total. The molecule has 2 unspecified atom stereocenters. The Morgan fingerprint density at radius 3 is 2.94 bits per heavy atom. The van der Waals surface area contributed by atoms with Gasteiger partial charge in [-0.15, -0.1) is 0 Å². The van der Waals surface area contributed by atoms with E-state index >= 15 is 0 Å². The van der Waals surface area contributed by atoms with Crippen LogP contribution in [0.2, 0.25) is 0 Å². The Morgan fingerprint density at radius 1 is 1.31 bits per heavy atom. The first kappa shape index (κ1) is 10.1. The lowest BCUT2D eigenvalue weighted by molar-refractivity contribution is 0.543. The number of hydrogen-bond donors (Lipinski definition) is 2. The third-order valence-corrected chi connectivity index (χ3v) is 4.00. The van der Waals surface area contributed by atoms with Crippen LogP contribution >= 0.6 is 0 Å². The maximum Gasteiger partial charge on any atom is 0.0681 e. The van der Waals surface area contributed by atoms with Gasteiger partial charge in [-0.1, -0.05) is 31.2 Å². The Kier molecular flexibility index (Phi) is 2.34. The molecule has 2 aliphatic carbocycles. The van der Waals surface area contributed by atoms with Crippen molar-refractivity contribution in [3.8, 4) is 0 Å². The number of hydrazine groups is 1. The summed E-state index contributed by atoms with van der Waals surface area (Å²) in [5.74, 6) is 6.40. The van der Waals surface area contributed by atoms with Crippen molar-refractivity contribution < 1.29 is 0 Å². The monoisotopic (exact) mass is 214 g/mol. The SMILES string of the molecule is CC1CCCC2=C1c1ccccc1C2NN. The fraction of sp³-hybridized carbons (Fsp3) is 0.429. The first-order chi connectivity index (χ1) is 7.83. The predicted octanol–water partition coefficient (Wildman–Crippen LogP) is 2.78. The van der Waals surface area contributed by atoms with Crippen molar-refractivity contribution >= 4 is 5.57 Å². The summed E-state index contributed by atoms with van der Waals surface area (Å²) in [5.41, 5.74) is 8.86. The number of rotatable bonds is 1. The van der Waals surface area contributed by atoms with E-state index in [2.05, 4.69) is 36.6 Å². The third-order valence-electron chi connectivity index (χ3n) is 4.00. The molecule has 84 valence electrons. The summed E-state index contributed by atoms with van der Waals surface area (Å²) < 4.78 is 0. The molecule has 0 amide bonds. The van der Waals surface area contributed by atoms with Crippen molar-refractivity contribution in [2.45, 2.75) is 32.2 Å². The number of fused-ring (bicyclic) bond motifs is 2. The number of nitrogens with one attached hydrogen (secondary N) is 1. The van der Waals surface area contributed by atoms with Crippen molar-refractivity contribution in [1.82, 2.24) is 5.43 Å². The van der Waals surface area contributed by atoms with Crippen LogP contribution in [-0.2, 0) is 0 Å². The van der Waals surface area contributed by atoms with Crippen LogP contribution in [-0.4, -0.2) is 0 Å². The first-order valence-corrected chi connectivity index (χ1v) is 6.11. The van der Waals surface area contributed by atoms with E-state index in [0.29, 0.717) is 5.92 Å². The molecule has 2 heteroatoms. The molecule has 2 atom stereocenters. The quantitative estimate of drug-likeness (QED) is 0.557. The molecule has 0 aliphatic heterocycles. The van der Waals surface area contributed by atoms with Gasteiger partial charge in [-0.25, -0.2) is 5.43 Å². The van der Waals surface area contributed by atoms with Crippen LogP contribution in [0.25, 0.3) is 5.57 Å². The smallest absolute Gasteiger partial charge is 0.0681 e. The summed E-state index contributed by atoms with van der Waals surface area (Å²) in [7, 11) is 0. The van der Waals surface area contributed by atoms with Gasteiger partial charge in [0.1, 0.15) is 0 Å². The number of nitrogens with two attached hydrogens (primary N) is 1. The second-order valence-electron chi connectivity index (χ2n) is 4.92. The van der Waals surface area contributed by atoms with E-state index in [-0.39, 0.29) is 6.04 Å². The summed E-state index contributed by atoms with van der Waals surface area (Å²) in [5, 5.41) is 0. The second-order valence-corrected chi connectivity index (χ2v) is 4.92. The largest absolute Gasteiger partial charge is 0.271 e. The number of hydrogen-bond acceptors (Lipinski definition) is 2. The highest BCUT2D eigenvalue weighted by Gasteiger charge is 2.34. The van der Waals surface area contributed by atoms with Crippen molar-refractivity contribution in [1.29, 1.82) is 0 Å². The van der Waals surface area contributed by atoms with Crippen LogP contribution in [0.15, 0.2) is 29.8 Å². The fourth-order valence-electron chi connectivity index (χ4n) is 3.30. The molecule has 0 radical (unpaired) electrons. The molecule has 0 spiro atoms. The van der Waals surface area contributed by atoms with Crippen molar-refractivity contribution in [2.75, 3.05) is 0 Å². The van der Waals surface area contributed by atoms with Gasteiger partial charge < -0.3 is 0 Å². The Labute approximate surface area is 96.5 Å². The average molecular weight is 214 g/mol. The molecule has 0 bridgehead atoms. The highest BCUT2D eigenvalue weighted by molar-refractivity contribution is 5.79. The Balaban J connectivity index is 2.18. The molecular formula is C14H18N2. The lowest BCUT2D eigenvalue weighted by Crippen LogP contribution is -2.28. The normalized spacial score (nSPS) is 27.9. The van der Waals surface area contributed by atoms with Gasteiger partial charge in [-0.3, -0.25) is 5.84 Å². The van der Waals surface area contributed by atoms with Crippen LogP contribution in [0, 0.1) is 5.92 Å². The minimum absolute atomic E-state index is 0.258.